The maximum Gasteiger partial charge on any atom is 0.407 e. The smallest absolute Gasteiger partial charge is 0.407 e. The summed E-state index contributed by atoms with van der Waals surface area (Å²) in [6.45, 7) is 5.38. The van der Waals surface area contributed by atoms with Crippen molar-refractivity contribution in [3.63, 3.8) is 0 Å². The van der Waals surface area contributed by atoms with Crippen molar-refractivity contribution >= 4 is 18.0 Å². The average molecular weight is 437 g/mol. The van der Waals surface area contributed by atoms with Crippen LogP contribution in [0.5, 0.6) is 0 Å². The fraction of sp³-hybridized carbons (Fsp3) is 0.400. The number of carbonyl (C=O) groups is 3. The molecule has 2 aromatic carbocycles. The zero-order valence-electron chi connectivity index (χ0n) is 18.5. The van der Waals surface area contributed by atoms with Crippen molar-refractivity contribution in [2.24, 2.45) is 0 Å². The van der Waals surface area contributed by atoms with E-state index in [1.165, 1.54) is 4.90 Å². The van der Waals surface area contributed by atoms with E-state index in [-0.39, 0.29) is 12.5 Å². The molecule has 0 unspecified atom stereocenters. The fourth-order valence-corrected chi connectivity index (χ4v) is 4.93. The zero-order valence-corrected chi connectivity index (χ0v) is 18.5. The van der Waals surface area contributed by atoms with Gasteiger partial charge in [-0.25, -0.2) is 9.59 Å². The minimum Gasteiger partial charge on any atom is -0.480 e. The van der Waals surface area contributed by atoms with Crippen LogP contribution in [0.2, 0.25) is 0 Å². The predicted octanol–water partition coefficient (Wildman–Crippen LogP) is 3.77. The maximum absolute atomic E-state index is 13.0. The molecule has 7 heteroatoms. The lowest BCUT2D eigenvalue weighted by molar-refractivity contribution is -0.152. The number of hydrogen-bond acceptors (Lipinski definition) is 4. The molecule has 0 radical (unpaired) electrons. The fourth-order valence-electron chi connectivity index (χ4n) is 4.93. The molecule has 2 N–H and O–H groups in total. The monoisotopic (exact) mass is 436 g/mol. The highest BCUT2D eigenvalue weighted by atomic mass is 16.5. The van der Waals surface area contributed by atoms with Gasteiger partial charge >= 0.3 is 12.1 Å². The average Bonchev–Trinajstić information content (AvgIpc) is 3.25. The number of amides is 2. The Labute approximate surface area is 187 Å². The third kappa shape index (κ3) is 3.83. The van der Waals surface area contributed by atoms with E-state index in [2.05, 4.69) is 17.4 Å². The molecule has 32 heavy (non-hydrogen) atoms. The Bertz CT molecular complexity index is 1020. The van der Waals surface area contributed by atoms with Crippen LogP contribution in [0, 0.1) is 0 Å². The number of benzene rings is 2. The number of alkyl carbamates (subject to hydrolysis) is 1. The van der Waals surface area contributed by atoms with Gasteiger partial charge in [-0.2, -0.15) is 0 Å². The van der Waals surface area contributed by atoms with E-state index in [0.717, 1.165) is 22.3 Å². The van der Waals surface area contributed by atoms with Gasteiger partial charge < -0.3 is 20.1 Å². The Hall–Kier alpha value is -3.35. The first-order valence-corrected chi connectivity index (χ1v) is 10.9. The van der Waals surface area contributed by atoms with Crippen LogP contribution in [0.1, 0.15) is 50.7 Å². The van der Waals surface area contributed by atoms with E-state index in [0.29, 0.717) is 12.8 Å². The molecule has 1 aliphatic heterocycles. The van der Waals surface area contributed by atoms with Crippen LogP contribution in [0.25, 0.3) is 11.1 Å². The van der Waals surface area contributed by atoms with Crippen molar-refractivity contribution in [3.8, 4) is 11.1 Å². The number of fused-ring (bicyclic) bond motifs is 3. The second-order valence-corrected chi connectivity index (χ2v) is 9.10. The van der Waals surface area contributed by atoms with Crippen molar-refractivity contribution in [2.75, 3.05) is 6.61 Å². The number of carboxylic acid groups (broad SMARTS) is 1. The lowest BCUT2D eigenvalue weighted by Crippen LogP contribution is -2.56. The van der Waals surface area contributed by atoms with Gasteiger partial charge in [-0.05, 0) is 55.9 Å². The molecule has 0 aromatic heterocycles. The van der Waals surface area contributed by atoms with Crippen LogP contribution in [-0.4, -0.2) is 52.2 Å². The standard InChI is InChI=1S/C25H28N2O5/c1-15(22(28)27-21(23(29)30)12-13-25(27,2)3)26-24(31)32-14-20-18-10-6-4-8-16(18)17-9-5-7-11-19(17)20/h4-11,15,20-21H,12-14H2,1-3H3,(H,26,31)(H,29,30)/t15-,21-/m0/s1. The van der Waals surface area contributed by atoms with Gasteiger partial charge in [0.1, 0.15) is 18.7 Å². The van der Waals surface area contributed by atoms with Gasteiger partial charge in [0.2, 0.25) is 5.91 Å². The summed E-state index contributed by atoms with van der Waals surface area (Å²) in [6, 6.07) is 14.3. The maximum atomic E-state index is 13.0. The molecule has 0 saturated carbocycles. The summed E-state index contributed by atoms with van der Waals surface area (Å²) in [5, 5.41) is 12.1. The summed E-state index contributed by atoms with van der Waals surface area (Å²) in [5.41, 5.74) is 3.90. The number of nitrogens with zero attached hydrogens (tertiary/aromatic N) is 1. The number of nitrogens with one attached hydrogen (secondary N) is 1. The quantitative estimate of drug-likeness (QED) is 0.744. The molecule has 1 aliphatic carbocycles. The molecule has 2 atom stereocenters. The molecular formula is C25H28N2O5. The van der Waals surface area contributed by atoms with Crippen LogP contribution in [-0.2, 0) is 14.3 Å². The van der Waals surface area contributed by atoms with E-state index in [4.69, 9.17) is 4.74 Å². The van der Waals surface area contributed by atoms with Crippen molar-refractivity contribution in [3.05, 3.63) is 59.7 Å². The van der Waals surface area contributed by atoms with Crippen LogP contribution in [0.15, 0.2) is 48.5 Å². The SMILES string of the molecule is C[C@H](NC(=O)OCC1c2ccccc2-c2ccccc21)C(=O)N1[C@H](C(=O)O)CCC1(C)C. The van der Waals surface area contributed by atoms with Gasteiger partial charge in [0, 0.05) is 11.5 Å². The van der Waals surface area contributed by atoms with Gasteiger partial charge in [0.05, 0.1) is 0 Å². The van der Waals surface area contributed by atoms with Crippen molar-refractivity contribution in [1.29, 1.82) is 0 Å². The van der Waals surface area contributed by atoms with Gasteiger partial charge in [-0.1, -0.05) is 48.5 Å². The van der Waals surface area contributed by atoms with Gasteiger partial charge in [0.15, 0.2) is 0 Å². The summed E-state index contributed by atoms with van der Waals surface area (Å²) in [5.74, 6) is -1.53. The summed E-state index contributed by atoms with van der Waals surface area (Å²) in [6.07, 6.45) is 0.288. The molecule has 4 rings (SSSR count). The van der Waals surface area contributed by atoms with Crippen molar-refractivity contribution in [2.45, 2.75) is 57.2 Å². The number of rotatable bonds is 5. The second-order valence-electron chi connectivity index (χ2n) is 9.10. The lowest BCUT2D eigenvalue weighted by atomic mass is 9.98. The van der Waals surface area contributed by atoms with Gasteiger partial charge in [-0.15, -0.1) is 0 Å². The number of aliphatic carboxylic acids is 1. The highest BCUT2D eigenvalue weighted by molar-refractivity contribution is 5.90. The summed E-state index contributed by atoms with van der Waals surface area (Å²) in [4.78, 5) is 38.5. The first-order valence-electron chi connectivity index (χ1n) is 10.9. The van der Waals surface area contributed by atoms with E-state index in [1.54, 1.807) is 6.92 Å². The Balaban J connectivity index is 1.41. The third-order valence-corrected chi connectivity index (χ3v) is 6.56. The van der Waals surface area contributed by atoms with Crippen LogP contribution >= 0.6 is 0 Å². The molecule has 2 amide bonds. The number of likely N-dealkylation sites (tertiary alicyclic amines) is 1. The minimum atomic E-state index is -1.03. The Kier molecular flexibility index (Phi) is 5.67. The lowest BCUT2D eigenvalue weighted by Gasteiger charge is -2.36. The molecule has 1 saturated heterocycles. The minimum absolute atomic E-state index is 0.0759. The van der Waals surface area contributed by atoms with Gasteiger partial charge in [-0.3, -0.25) is 4.79 Å². The first-order chi connectivity index (χ1) is 15.2. The predicted molar refractivity (Wildman–Crippen MR) is 119 cm³/mol. The van der Waals surface area contributed by atoms with E-state index < -0.39 is 35.6 Å². The number of ether oxygens (including phenoxy) is 1. The third-order valence-electron chi connectivity index (χ3n) is 6.56. The Morgan fingerprint density at radius 1 is 1.09 bits per heavy atom. The molecule has 0 spiro atoms. The molecule has 0 bridgehead atoms. The topological polar surface area (TPSA) is 95.9 Å². The second kappa shape index (κ2) is 8.30. The van der Waals surface area contributed by atoms with E-state index in [1.807, 2.05) is 50.2 Å². The zero-order chi connectivity index (χ0) is 23.0. The Morgan fingerprint density at radius 3 is 2.22 bits per heavy atom. The van der Waals surface area contributed by atoms with E-state index in [9.17, 15) is 19.5 Å². The number of carbonyl (C=O) groups excluding carboxylic acids is 2. The molecule has 168 valence electrons. The molecule has 2 aromatic rings. The van der Waals surface area contributed by atoms with Crippen LogP contribution in [0.4, 0.5) is 4.79 Å². The Morgan fingerprint density at radius 2 is 1.66 bits per heavy atom. The highest BCUT2D eigenvalue weighted by Gasteiger charge is 2.47. The molecule has 1 heterocycles. The van der Waals surface area contributed by atoms with Crippen molar-refractivity contribution < 1.29 is 24.2 Å². The van der Waals surface area contributed by atoms with Crippen LogP contribution in [0.3, 0.4) is 0 Å². The normalized spacial score (nSPS) is 19.7. The van der Waals surface area contributed by atoms with E-state index >= 15 is 0 Å². The highest BCUT2D eigenvalue weighted by Crippen LogP contribution is 2.44. The first kappa shape index (κ1) is 21.9. The largest absolute Gasteiger partial charge is 0.480 e. The van der Waals surface area contributed by atoms with Crippen molar-refractivity contribution in [1.82, 2.24) is 10.2 Å². The number of carboxylic acids is 1. The summed E-state index contributed by atoms with van der Waals surface area (Å²) >= 11 is 0. The van der Waals surface area contributed by atoms with Gasteiger partial charge in [0.25, 0.3) is 0 Å². The summed E-state index contributed by atoms with van der Waals surface area (Å²) < 4.78 is 5.51. The molecule has 2 aliphatic rings. The summed E-state index contributed by atoms with van der Waals surface area (Å²) in [7, 11) is 0. The number of hydrogen-bond donors (Lipinski definition) is 2. The molecule has 1 fully saturated rings. The van der Waals surface area contributed by atoms with Crippen LogP contribution < -0.4 is 5.32 Å². The molecular weight excluding hydrogens is 408 g/mol. The molecule has 7 nitrogen and oxygen atoms in total.